The highest BCUT2D eigenvalue weighted by Crippen LogP contribution is 2.28. The molecule has 0 unspecified atom stereocenters. The summed E-state index contributed by atoms with van der Waals surface area (Å²) in [6, 6.07) is 17.1. The number of anilines is 2. The van der Waals surface area contributed by atoms with Gasteiger partial charge in [0, 0.05) is 47.0 Å². The Balaban J connectivity index is 1.50. The van der Waals surface area contributed by atoms with Crippen molar-refractivity contribution < 1.29 is 9.63 Å². The highest BCUT2D eigenvalue weighted by Gasteiger charge is 2.14. The van der Waals surface area contributed by atoms with Crippen LogP contribution in [0, 0.1) is 0 Å². The summed E-state index contributed by atoms with van der Waals surface area (Å²) in [7, 11) is 0. The third-order valence-electron chi connectivity index (χ3n) is 5.34. The predicted molar refractivity (Wildman–Crippen MR) is 130 cm³/mol. The highest BCUT2D eigenvalue weighted by molar-refractivity contribution is 5.65. The van der Waals surface area contributed by atoms with Crippen molar-refractivity contribution in [2.75, 3.05) is 18.4 Å². The van der Waals surface area contributed by atoms with Crippen molar-refractivity contribution in [3.05, 3.63) is 72.6 Å². The first-order chi connectivity index (χ1) is 16.2. The predicted octanol–water partition coefficient (Wildman–Crippen LogP) is 5.87. The zero-order valence-corrected chi connectivity index (χ0v) is 19.0. The molecule has 0 aliphatic heterocycles. The van der Waals surface area contributed by atoms with E-state index in [1.54, 1.807) is 18.5 Å². The van der Waals surface area contributed by atoms with Gasteiger partial charge in [-0.05, 0) is 80.5 Å². The van der Waals surface area contributed by atoms with Gasteiger partial charge in [-0.2, -0.15) is 4.98 Å². The molecule has 0 radical (unpaired) electrons. The van der Waals surface area contributed by atoms with E-state index in [-0.39, 0.29) is 5.75 Å². The van der Waals surface area contributed by atoms with Crippen LogP contribution in [-0.2, 0) is 6.54 Å². The summed E-state index contributed by atoms with van der Waals surface area (Å²) in [5.41, 5.74) is 4.45. The van der Waals surface area contributed by atoms with Crippen LogP contribution in [-0.4, -0.2) is 38.2 Å². The van der Waals surface area contributed by atoms with Crippen LogP contribution >= 0.6 is 0 Å². The fraction of sp³-hybridized carbons (Fsp3) is 0.269. The summed E-state index contributed by atoms with van der Waals surface area (Å²) in [4.78, 5) is 11.0. The number of benzene rings is 2. The maximum Gasteiger partial charge on any atom is 0.258 e. The van der Waals surface area contributed by atoms with Crippen molar-refractivity contribution in [1.82, 2.24) is 20.0 Å². The molecular formula is C26H29N5O2. The van der Waals surface area contributed by atoms with Crippen LogP contribution in [0.1, 0.15) is 32.3 Å². The van der Waals surface area contributed by atoms with Crippen LogP contribution < -0.4 is 5.32 Å². The third-order valence-corrected chi connectivity index (χ3v) is 5.34. The summed E-state index contributed by atoms with van der Waals surface area (Å²) in [6.07, 6.45) is 5.64. The second-order valence-corrected chi connectivity index (χ2v) is 7.98. The Morgan fingerprint density at radius 3 is 2.24 bits per heavy atom. The molecule has 0 atom stereocenters. The number of nitrogens with one attached hydrogen (secondary N) is 1. The molecule has 0 bridgehead atoms. The molecule has 4 rings (SSSR count). The number of pyridine rings is 1. The van der Waals surface area contributed by atoms with Gasteiger partial charge in [0.25, 0.3) is 5.89 Å². The van der Waals surface area contributed by atoms with Gasteiger partial charge in [0.05, 0.1) is 0 Å². The molecule has 7 heteroatoms. The Bertz CT molecular complexity index is 1150. The van der Waals surface area contributed by atoms with Crippen molar-refractivity contribution in [3.8, 4) is 28.6 Å². The molecule has 0 saturated carbocycles. The van der Waals surface area contributed by atoms with Crippen molar-refractivity contribution in [2.45, 2.75) is 33.2 Å². The van der Waals surface area contributed by atoms with Crippen molar-refractivity contribution in [2.24, 2.45) is 0 Å². The van der Waals surface area contributed by atoms with E-state index in [1.807, 2.05) is 48.5 Å². The molecule has 0 saturated heterocycles. The number of aromatic hydroxyl groups is 1. The number of aromatic nitrogens is 3. The summed E-state index contributed by atoms with van der Waals surface area (Å²) in [5, 5.41) is 17.9. The van der Waals surface area contributed by atoms with E-state index in [0.29, 0.717) is 18.3 Å². The first kappa shape index (κ1) is 22.5. The van der Waals surface area contributed by atoms with E-state index >= 15 is 0 Å². The van der Waals surface area contributed by atoms with Crippen molar-refractivity contribution in [1.29, 1.82) is 0 Å². The van der Waals surface area contributed by atoms with Gasteiger partial charge < -0.3 is 14.9 Å². The van der Waals surface area contributed by atoms with Crippen LogP contribution in [0.4, 0.5) is 11.4 Å². The summed E-state index contributed by atoms with van der Waals surface area (Å²) >= 11 is 0. The van der Waals surface area contributed by atoms with Gasteiger partial charge in [0.1, 0.15) is 5.75 Å². The summed E-state index contributed by atoms with van der Waals surface area (Å²) in [6.45, 7) is 7.02. The average Bonchev–Trinajstić information content (AvgIpc) is 3.32. The minimum Gasteiger partial charge on any atom is -0.508 e. The standard InChI is InChI=1S/C26H29N5O2/c1-3-15-31(16-4-2)18-21-17-20(7-10-24(21)32)25-29-26(33-30-25)19-5-8-22(9-6-19)28-23-11-13-27-14-12-23/h5-14,17,32H,3-4,15-16,18H2,1-2H3,(H,27,28). The monoisotopic (exact) mass is 443 g/mol. The molecule has 0 fully saturated rings. The second kappa shape index (κ2) is 10.7. The Kier molecular flexibility index (Phi) is 7.32. The average molecular weight is 444 g/mol. The van der Waals surface area contributed by atoms with Crippen LogP contribution in [0.5, 0.6) is 5.75 Å². The molecule has 33 heavy (non-hydrogen) atoms. The lowest BCUT2D eigenvalue weighted by Crippen LogP contribution is -2.24. The van der Waals surface area contributed by atoms with E-state index in [0.717, 1.165) is 54.0 Å². The zero-order valence-electron chi connectivity index (χ0n) is 19.0. The van der Waals surface area contributed by atoms with Crippen molar-refractivity contribution in [3.63, 3.8) is 0 Å². The van der Waals surface area contributed by atoms with E-state index in [4.69, 9.17) is 4.52 Å². The number of hydrogen-bond donors (Lipinski definition) is 2. The lowest BCUT2D eigenvalue weighted by molar-refractivity contribution is 0.263. The Labute approximate surface area is 194 Å². The first-order valence-electron chi connectivity index (χ1n) is 11.3. The topological polar surface area (TPSA) is 87.3 Å². The maximum absolute atomic E-state index is 10.4. The van der Waals surface area contributed by atoms with E-state index in [1.165, 1.54) is 0 Å². The van der Waals surface area contributed by atoms with E-state index < -0.39 is 0 Å². The van der Waals surface area contributed by atoms with Crippen LogP contribution in [0.25, 0.3) is 22.8 Å². The Morgan fingerprint density at radius 1 is 0.879 bits per heavy atom. The van der Waals surface area contributed by atoms with Gasteiger partial charge in [-0.25, -0.2) is 0 Å². The molecule has 2 aromatic heterocycles. The molecule has 0 aliphatic carbocycles. The fourth-order valence-corrected chi connectivity index (χ4v) is 3.75. The van der Waals surface area contributed by atoms with Gasteiger partial charge >= 0.3 is 0 Å². The summed E-state index contributed by atoms with van der Waals surface area (Å²) in [5.74, 6) is 1.24. The molecule has 0 aliphatic rings. The third kappa shape index (κ3) is 5.75. The number of rotatable bonds is 10. The largest absolute Gasteiger partial charge is 0.508 e. The molecule has 170 valence electrons. The van der Waals surface area contributed by atoms with E-state index in [9.17, 15) is 5.11 Å². The minimum absolute atomic E-state index is 0.289. The number of phenols is 1. The van der Waals surface area contributed by atoms with Gasteiger partial charge in [0.2, 0.25) is 5.82 Å². The van der Waals surface area contributed by atoms with E-state index in [2.05, 4.69) is 39.2 Å². The SMILES string of the molecule is CCCN(CCC)Cc1cc(-c2noc(-c3ccc(Nc4ccncc4)cc3)n2)ccc1O. The maximum atomic E-state index is 10.4. The zero-order chi connectivity index (χ0) is 23.0. The first-order valence-corrected chi connectivity index (χ1v) is 11.3. The number of nitrogens with zero attached hydrogens (tertiary/aromatic N) is 4. The van der Waals surface area contributed by atoms with Gasteiger partial charge in [-0.15, -0.1) is 0 Å². The van der Waals surface area contributed by atoms with Crippen molar-refractivity contribution >= 4 is 11.4 Å². The molecule has 0 amide bonds. The Hall–Kier alpha value is -3.71. The molecular weight excluding hydrogens is 414 g/mol. The molecule has 7 nitrogen and oxygen atoms in total. The van der Waals surface area contributed by atoms with Crippen LogP contribution in [0.3, 0.4) is 0 Å². The molecule has 4 aromatic rings. The van der Waals surface area contributed by atoms with Crippen LogP contribution in [0.2, 0.25) is 0 Å². The lowest BCUT2D eigenvalue weighted by Gasteiger charge is -2.21. The molecule has 2 aromatic carbocycles. The normalized spacial score (nSPS) is 11.1. The molecule has 2 N–H and O–H groups in total. The molecule has 0 spiro atoms. The minimum atomic E-state index is 0.289. The smallest absolute Gasteiger partial charge is 0.258 e. The fourth-order valence-electron chi connectivity index (χ4n) is 3.75. The number of hydrogen-bond acceptors (Lipinski definition) is 7. The number of phenolic OH excluding ortho intramolecular Hbond substituents is 1. The van der Waals surface area contributed by atoms with Gasteiger partial charge in [-0.3, -0.25) is 9.88 Å². The second-order valence-electron chi connectivity index (χ2n) is 7.98. The van der Waals surface area contributed by atoms with Crippen LogP contribution in [0.15, 0.2) is 71.5 Å². The lowest BCUT2D eigenvalue weighted by atomic mass is 10.1. The quantitative estimate of drug-likeness (QED) is 0.317. The highest BCUT2D eigenvalue weighted by atomic mass is 16.5. The molecule has 2 heterocycles. The Morgan fingerprint density at radius 2 is 1.55 bits per heavy atom. The van der Waals surface area contributed by atoms with Gasteiger partial charge in [0.15, 0.2) is 0 Å². The van der Waals surface area contributed by atoms with Gasteiger partial charge in [-0.1, -0.05) is 19.0 Å². The summed E-state index contributed by atoms with van der Waals surface area (Å²) < 4.78 is 5.53.